The predicted molar refractivity (Wildman–Crippen MR) is 68.5 cm³/mol. The van der Waals surface area contributed by atoms with Crippen LogP contribution in [0.3, 0.4) is 0 Å². The highest BCUT2D eigenvalue weighted by Crippen LogP contribution is 2.36. The smallest absolute Gasteiger partial charge is 0.126 e. The minimum atomic E-state index is 0.577. The molecule has 0 radical (unpaired) electrons. The van der Waals surface area contributed by atoms with Crippen molar-refractivity contribution < 1.29 is 0 Å². The molecule has 1 fully saturated rings. The van der Waals surface area contributed by atoms with Gasteiger partial charge in [0.2, 0.25) is 0 Å². The molecular formula is C14H20N2. The zero-order valence-electron chi connectivity index (χ0n) is 9.95. The minimum absolute atomic E-state index is 0.577. The first-order valence-corrected chi connectivity index (χ1v) is 6.09. The quantitative estimate of drug-likeness (QED) is 0.736. The topological polar surface area (TPSA) is 24.9 Å². The molecule has 1 aromatic rings. The van der Waals surface area contributed by atoms with Crippen molar-refractivity contribution in [2.45, 2.75) is 38.6 Å². The van der Waals surface area contributed by atoms with Crippen LogP contribution in [-0.4, -0.2) is 11.0 Å². The van der Waals surface area contributed by atoms with Crippen LogP contribution in [0.1, 0.15) is 31.2 Å². The highest BCUT2D eigenvalue weighted by atomic mass is 15.0. The summed E-state index contributed by atoms with van der Waals surface area (Å²) < 4.78 is 0. The Balaban J connectivity index is 1.93. The van der Waals surface area contributed by atoms with Gasteiger partial charge >= 0.3 is 0 Å². The Morgan fingerprint density at radius 3 is 2.94 bits per heavy atom. The van der Waals surface area contributed by atoms with E-state index in [4.69, 9.17) is 0 Å². The van der Waals surface area contributed by atoms with Gasteiger partial charge in [-0.2, -0.15) is 0 Å². The van der Waals surface area contributed by atoms with Crippen LogP contribution in [-0.2, 0) is 0 Å². The number of rotatable bonds is 6. The van der Waals surface area contributed by atoms with Gasteiger partial charge in [-0.25, -0.2) is 4.98 Å². The lowest BCUT2D eigenvalue weighted by Gasteiger charge is -2.18. The number of anilines is 1. The summed E-state index contributed by atoms with van der Waals surface area (Å²) in [6, 6.07) is 4.75. The van der Waals surface area contributed by atoms with E-state index in [1.165, 1.54) is 24.8 Å². The summed E-state index contributed by atoms with van der Waals surface area (Å²) >= 11 is 0. The summed E-state index contributed by atoms with van der Waals surface area (Å²) in [6.07, 6.45) is 8.89. The molecule has 0 spiro atoms. The van der Waals surface area contributed by atoms with Crippen LogP contribution in [0.2, 0.25) is 0 Å². The molecule has 0 bridgehead atoms. The maximum absolute atomic E-state index is 4.40. The van der Waals surface area contributed by atoms with Gasteiger partial charge in [-0.1, -0.05) is 12.1 Å². The number of nitrogens with zero attached hydrogens (tertiary/aromatic N) is 1. The Hall–Kier alpha value is -1.31. The van der Waals surface area contributed by atoms with E-state index in [2.05, 4.69) is 35.9 Å². The summed E-state index contributed by atoms with van der Waals surface area (Å²) in [5.41, 5.74) is 1.21. The van der Waals surface area contributed by atoms with Gasteiger partial charge in [0.05, 0.1) is 0 Å². The minimum Gasteiger partial charge on any atom is -0.367 e. The first-order chi connectivity index (χ1) is 7.79. The lowest BCUT2D eigenvalue weighted by atomic mass is 10.1. The SMILES string of the molecule is C=CCCC(Nc1ccc(C)cn1)C1CC1. The van der Waals surface area contributed by atoms with Crippen molar-refractivity contribution in [1.29, 1.82) is 0 Å². The molecule has 0 saturated heterocycles. The second kappa shape index (κ2) is 5.15. The third kappa shape index (κ3) is 3.09. The zero-order valence-corrected chi connectivity index (χ0v) is 9.95. The maximum atomic E-state index is 4.40. The lowest BCUT2D eigenvalue weighted by Crippen LogP contribution is -2.22. The summed E-state index contributed by atoms with van der Waals surface area (Å²) in [4.78, 5) is 4.40. The Morgan fingerprint density at radius 2 is 2.38 bits per heavy atom. The van der Waals surface area contributed by atoms with Crippen molar-refractivity contribution in [2.24, 2.45) is 5.92 Å². The number of nitrogens with one attached hydrogen (secondary N) is 1. The van der Waals surface area contributed by atoms with E-state index in [9.17, 15) is 0 Å². The third-order valence-corrected chi connectivity index (χ3v) is 3.12. The van der Waals surface area contributed by atoms with Crippen LogP contribution >= 0.6 is 0 Å². The molecule has 0 aromatic carbocycles. The molecule has 1 N–H and O–H groups in total. The molecule has 1 heterocycles. The average Bonchev–Trinajstić information content (AvgIpc) is 3.11. The fraction of sp³-hybridized carbons (Fsp3) is 0.500. The molecular weight excluding hydrogens is 196 g/mol. The molecule has 2 nitrogen and oxygen atoms in total. The first kappa shape index (κ1) is 11.2. The Kier molecular flexibility index (Phi) is 3.60. The summed E-state index contributed by atoms with van der Waals surface area (Å²) in [6.45, 7) is 5.85. The second-order valence-corrected chi connectivity index (χ2v) is 4.68. The van der Waals surface area contributed by atoms with E-state index in [1.54, 1.807) is 0 Å². The number of hydrogen-bond donors (Lipinski definition) is 1. The van der Waals surface area contributed by atoms with Crippen molar-refractivity contribution >= 4 is 5.82 Å². The van der Waals surface area contributed by atoms with Crippen molar-refractivity contribution in [2.75, 3.05) is 5.32 Å². The Morgan fingerprint density at radius 1 is 1.56 bits per heavy atom. The molecule has 0 amide bonds. The molecule has 16 heavy (non-hydrogen) atoms. The Bertz CT molecular complexity index is 338. The van der Waals surface area contributed by atoms with Crippen LogP contribution in [0.15, 0.2) is 31.0 Å². The molecule has 86 valence electrons. The molecule has 0 aliphatic heterocycles. The fourth-order valence-electron chi connectivity index (χ4n) is 1.96. The van der Waals surface area contributed by atoms with E-state index < -0.39 is 0 Å². The molecule has 1 saturated carbocycles. The molecule has 1 atom stereocenters. The number of pyridine rings is 1. The summed E-state index contributed by atoms with van der Waals surface area (Å²) in [5.74, 6) is 1.86. The standard InChI is InChI=1S/C14H20N2/c1-3-4-5-13(12-7-8-12)16-14-9-6-11(2)10-15-14/h3,6,9-10,12-13H,1,4-5,7-8H2,2H3,(H,15,16). The second-order valence-electron chi connectivity index (χ2n) is 4.68. The number of aromatic nitrogens is 1. The summed E-state index contributed by atoms with van der Waals surface area (Å²) in [5, 5.41) is 3.54. The molecule has 1 aliphatic rings. The number of allylic oxidation sites excluding steroid dienone is 1. The van der Waals surface area contributed by atoms with Crippen LogP contribution in [0.4, 0.5) is 5.82 Å². The van der Waals surface area contributed by atoms with Gasteiger partial charge in [0.25, 0.3) is 0 Å². The maximum Gasteiger partial charge on any atom is 0.126 e. The normalized spacial score (nSPS) is 16.8. The van der Waals surface area contributed by atoms with Gasteiger partial charge in [-0.15, -0.1) is 6.58 Å². The molecule has 1 aromatic heterocycles. The zero-order chi connectivity index (χ0) is 11.4. The number of hydrogen-bond acceptors (Lipinski definition) is 2. The van der Waals surface area contributed by atoms with E-state index in [0.717, 1.165) is 18.2 Å². The van der Waals surface area contributed by atoms with Gasteiger partial charge < -0.3 is 5.32 Å². The van der Waals surface area contributed by atoms with Crippen molar-refractivity contribution in [3.63, 3.8) is 0 Å². The lowest BCUT2D eigenvalue weighted by molar-refractivity contribution is 0.590. The molecule has 2 heteroatoms. The molecule has 1 aliphatic carbocycles. The van der Waals surface area contributed by atoms with Crippen LogP contribution in [0, 0.1) is 12.8 Å². The van der Waals surface area contributed by atoms with Gasteiger partial charge in [0, 0.05) is 12.2 Å². The van der Waals surface area contributed by atoms with Crippen molar-refractivity contribution in [3.8, 4) is 0 Å². The molecule has 2 rings (SSSR count). The largest absolute Gasteiger partial charge is 0.367 e. The van der Waals surface area contributed by atoms with Crippen molar-refractivity contribution in [1.82, 2.24) is 4.98 Å². The highest BCUT2D eigenvalue weighted by molar-refractivity contribution is 5.36. The molecule has 1 unspecified atom stereocenters. The fourth-order valence-corrected chi connectivity index (χ4v) is 1.96. The van der Waals surface area contributed by atoms with E-state index in [-0.39, 0.29) is 0 Å². The van der Waals surface area contributed by atoms with E-state index in [1.807, 2.05) is 12.3 Å². The first-order valence-electron chi connectivity index (χ1n) is 6.09. The number of aryl methyl sites for hydroxylation is 1. The van der Waals surface area contributed by atoms with Gasteiger partial charge in [0.1, 0.15) is 5.82 Å². The van der Waals surface area contributed by atoms with Crippen LogP contribution in [0.25, 0.3) is 0 Å². The summed E-state index contributed by atoms with van der Waals surface area (Å²) in [7, 11) is 0. The average molecular weight is 216 g/mol. The van der Waals surface area contributed by atoms with E-state index in [0.29, 0.717) is 6.04 Å². The monoisotopic (exact) mass is 216 g/mol. The Labute approximate surface area is 97.8 Å². The van der Waals surface area contributed by atoms with Crippen LogP contribution < -0.4 is 5.32 Å². The van der Waals surface area contributed by atoms with Gasteiger partial charge in [-0.05, 0) is 50.2 Å². The predicted octanol–water partition coefficient (Wildman–Crippen LogP) is 3.55. The van der Waals surface area contributed by atoms with Crippen molar-refractivity contribution in [3.05, 3.63) is 36.5 Å². The van der Waals surface area contributed by atoms with Gasteiger partial charge in [-0.3, -0.25) is 0 Å². The van der Waals surface area contributed by atoms with Gasteiger partial charge in [0.15, 0.2) is 0 Å². The van der Waals surface area contributed by atoms with Crippen LogP contribution in [0.5, 0.6) is 0 Å². The third-order valence-electron chi connectivity index (χ3n) is 3.12. The highest BCUT2D eigenvalue weighted by Gasteiger charge is 2.30. The van der Waals surface area contributed by atoms with E-state index >= 15 is 0 Å².